The fourth-order valence-corrected chi connectivity index (χ4v) is 1.79. The molecular weight excluding hydrogens is 222 g/mol. The molecule has 17 heavy (non-hydrogen) atoms. The molecule has 3 atom stereocenters. The number of nitrogens with two attached hydrogens (primary N) is 1. The second-order valence-electron chi connectivity index (χ2n) is 4.57. The summed E-state index contributed by atoms with van der Waals surface area (Å²) in [6.07, 6.45) is 0.397. The lowest BCUT2D eigenvalue weighted by atomic mass is 9.97. The van der Waals surface area contributed by atoms with Crippen molar-refractivity contribution in [2.45, 2.75) is 38.0 Å². The van der Waals surface area contributed by atoms with Crippen LogP contribution in [0, 0.1) is 0 Å². The highest BCUT2D eigenvalue weighted by Gasteiger charge is 2.39. The number of hydrogen-bond donors (Lipinski definition) is 3. The van der Waals surface area contributed by atoms with Gasteiger partial charge in [0.05, 0.1) is 19.3 Å². The van der Waals surface area contributed by atoms with Crippen LogP contribution in [0.1, 0.15) is 20.3 Å². The smallest absolute Gasteiger partial charge is 0.188 e. The molecule has 1 saturated heterocycles. The van der Waals surface area contributed by atoms with Crippen LogP contribution in [0.2, 0.25) is 0 Å². The summed E-state index contributed by atoms with van der Waals surface area (Å²) in [4.78, 5) is 4.15. The Morgan fingerprint density at radius 3 is 3.00 bits per heavy atom. The van der Waals surface area contributed by atoms with Crippen molar-refractivity contribution < 1.29 is 14.6 Å². The van der Waals surface area contributed by atoms with Gasteiger partial charge in [-0.2, -0.15) is 0 Å². The zero-order chi connectivity index (χ0) is 12.9. The molecule has 0 amide bonds. The van der Waals surface area contributed by atoms with Crippen LogP contribution < -0.4 is 11.1 Å². The molecule has 1 rings (SSSR count). The van der Waals surface area contributed by atoms with E-state index in [-0.39, 0.29) is 18.7 Å². The molecule has 0 aromatic rings. The number of aliphatic imine (C=N–C) groups is 1. The van der Waals surface area contributed by atoms with Crippen LogP contribution in [0.4, 0.5) is 0 Å². The van der Waals surface area contributed by atoms with Crippen LogP contribution in [0.5, 0.6) is 0 Å². The summed E-state index contributed by atoms with van der Waals surface area (Å²) in [5, 5.41) is 13.2. The molecule has 0 aromatic carbocycles. The molecule has 100 valence electrons. The van der Waals surface area contributed by atoms with Gasteiger partial charge in [0.25, 0.3) is 0 Å². The second-order valence-corrected chi connectivity index (χ2v) is 4.57. The van der Waals surface area contributed by atoms with Crippen molar-refractivity contribution in [2.24, 2.45) is 10.7 Å². The number of hydrogen-bond acceptors (Lipinski definition) is 4. The van der Waals surface area contributed by atoms with E-state index in [2.05, 4.69) is 10.3 Å². The van der Waals surface area contributed by atoms with Crippen LogP contribution in [0.3, 0.4) is 0 Å². The molecule has 1 aliphatic rings. The van der Waals surface area contributed by atoms with Crippen LogP contribution in [0.25, 0.3) is 0 Å². The van der Waals surface area contributed by atoms with Gasteiger partial charge < -0.3 is 25.6 Å². The molecule has 1 fully saturated rings. The highest BCUT2D eigenvalue weighted by Crippen LogP contribution is 2.25. The Morgan fingerprint density at radius 2 is 2.47 bits per heavy atom. The standard InChI is InChI=1S/C11H23N3O3/c1-8(6-16-3)14-10(12)13-7-11(15)4-5-17-9(11)2/h8-9,15H,4-7H2,1-3H3,(H3,12,13,14). The third kappa shape index (κ3) is 4.14. The summed E-state index contributed by atoms with van der Waals surface area (Å²) in [5.41, 5.74) is 4.83. The van der Waals surface area contributed by atoms with Crippen LogP contribution in [0.15, 0.2) is 4.99 Å². The highest BCUT2D eigenvalue weighted by atomic mass is 16.5. The second kappa shape index (κ2) is 6.18. The Labute approximate surface area is 102 Å². The summed E-state index contributed by atoms with van der Waals surface area (Å²) in [5.74, 6) is 0.321. The van der Waals surface area contributed by atoms with Gasteiger partial charge in [-0.15, -0.1) is 0 Å². The number of ether oxygens (including phenoxy) is 2. The van der Waals surface area contributed by atoms with E-state index in [4.69, 9.17) is 15.2 Å². The Balaban J connectivity index is 2.41. The molecule has 0 spiro atoms. The minimum absolute atomic E-state index is 0.0932. The van der Waals surface area contributed by atoms with Crippen molar-refractivity contribution in [1.29, 1.82) is 0 Å². The summed E-state index contributed by atoms with van der Waals surface area (Å²) in [7, 11) is 1.63. The van der Waals surface area contributed by atoms with E-state index in [0.717, 1.165) is 0 Å². The Morgan fingerprint density at radius 1 is 1.76 bits per heavy atom. The molecule has 0 saturated carbocycles. The first-order chi connectivity index (χ1) is 7.98. The van der Waals surface area contributed by atoms with Crippen molar-refractivity contribution in [2.75, 3.05) is 26.9 Å². The fourth-order valence-electron chi connectivity index (χ4n) is 1.79. The predicted octanol–water partition coefficient (Wildman–Crippen LogP) is -0.534. The molecule has 0 aliphatic carbocycles. The number of rotatable bonds is 5. The largest absolute Gasteiger partial charge is 0.385 e. The maximum atomic E-state index is 10.2. The molecule has 6 heteroatoms. The van der Waals surface area contributed by atoms with E-state index in [9.17, 15) is 5.11 Å². The van der Waals surface area contributed by atoms with Gasteiger partial charge in [-0.25, -0.2) is 0 Å². The molecule has 1 heterocycles. The third-order valence-corrected chi connectivity index (χ3v) is 2.99. The summed E-state index contributed by atoms with van der Waals surface area (Å²) < 4.78 is 10.3. The van der Waals surface area contributed by atoms with Gasteiger partial charge in [-0.1, -0.05) is 0 Å². The van der Waals surface area contributed by atoms with Crippen molar-refractivity contribution in [1.82, 2.24) is 5.32 Å². The summed E-state index contributed by atoms with van der Waals surface area (Å²) in [6, 6.07) is 0.0932. The molecule has 0 radical (unpaired) electrons. The molecule has 0 aromatic heterocycles. The Bertz CT molecular complexity index is 273. The summed E-state index contributed by atoms with van der Waals surface area (Å²) in [6.45, 7) is 5.18. The monoisotopic (exact) mass is 245 g/mol. The van der Waals surface area contributed by atoms with Gasteiger partial charge in [-0.05, 0) is 13.8 Å². The van der Waals surface area contributed by atoms with E-state index in [0.29, 0.717) is 25.6 Å². The third-order valence-electron chi connectivity index (χ3n) is 2.99. The molecule has 1 aliphatic heterocycles. The zero-order valence-electron chi connectivity index (χ0n) is 10.8. The van der Waals surface area contributed by atoms with Crippen LogP contribution in [-0.2, 0) is 9.47 Å². The van der Waals surface area contributed by atoms with E-state index in [1.54, 1.807) is 7.11 Å². The predicted molar refractivity (Wildman–Crippen MR) is 65.9 cm³/mol. The number of methoxy groups -OCH3 is 1. The molecule has 4 N–H and O–H groups in total. The van der Waals surface area contributed by atoms with Gasteiger partial charge in [0, 0.05) is 26.2 Å². The quantitative estimate of drug-likeness (QED) is 0.447. The van der Waals surface area contributed by atoms with E-state index >= 15 is 0 Å². The van der Waals surface area contributed by atoms with Gasteiger partial charge in [0.1, 0.15) is 5.60 Å². The number of guanidine groups is 1. The minimum atomic E-state index is -0.892. The number of nitrogens with zero attached hydrogens (tertiary/aromatic N) is 1. The lowest BCUT2D eigenvalue weighted by Crippen LogP contribution is -2.44. The van der Waals surface area contributed by atoms with Gasteiger partial charge >= 0.3 is 0 Å². The Kier molecular flexibility index (Phi) is 5.17. The molecule has 0 bridgehead atoms. The zero-order valence-corrected chi connectivity index (χ0v) is 10.8. The highest BCUT2D eigenvalue weighted by molar-refractivity contribution is 5.78. The van der Waals surface area contributed by atoms with Crippen molar-refractivity contribution in [3.63, 3.8) is 0 Å². The molecular formula is C11H23N3O3. The topological polar surface area (TPSA) is 89.1 Å². The maximum Gasteiger partial charge on any atom is 0.188 e. The van der Waals surface area contributed by atoms with E-state index in [1.165, 1.54) is 0 Å². The first-order valence-corrected chi connectivity index (χ1v) is 5.87. The lowest BCUT2D eigenvalue weighted by Gasteiger charge is -2.24. The minimum Gasteiger partial charge on any atom is -0.385 e. The average Bonchev–Trinajstić information content (AvgIpc) is 2.57. The Hall–Kier alpha value is -0.850. The number of nitrogens with one attached hydrogen (secondary N) is 1. The lowest BCUT2D eigenvalue weighted by molar-refractivity contribution is -0.0201. The first kappa shape index (κ1) is 14.2. The van der Waals surface area contributed by atoms with Crippen LogP contribution >= 0.6 is 0 Å². The van der Waals surface area contributed by atoms with Crippen LogP contribution in [-0.4, -0.2) is 55.7 Å². The van der Waals surface area contributed by atoms with E-state index in [1.807, 2.05) is 13.8 Å². The normalized spacial score (nSPS) is 31.5. The van der Waals surface area contributed by atoms with Crippen molar-refractivity contribution in [3.05, 3.63) is 0 Å². The average molecular weight is 245 g/mol. The maximum absolute atomic E-state index is 10.2. The van der Waals surface area contributed by atoms with E-state index < -0.39 is 5.60 Å². The molecule has 3 unspecified atom stereocenters. The fraction of sp³-hybridized carbons (Fsp3) is 0.909. The SMILES string of the molecule is COCC(C)NC(N)=NCC1(O)CCOC1C. The van der Waals surface area contributed by atoms with Gasteiger partial charge in [0.2, 0.25) is 0 Å². The molecule has 6 nitrogen and oxygen atoms in total. The van der Waals surface area contributed by atoms with Crippen molar-refractivity contribution in [3.8, 4) is 0 Å². The van der Waals surface area contributed by atoms with Crippen molar-refractivity contribution >= 4 is 5.96 Å². The van der Waals surface area contributed by atoms with Gasteiger partial charge in [0.15, 0.2) is 5.96 Å². The van der Waals surface area contributed by atoms with Gasteiger partial charge in [-0.3, -0.25) is 4.99 Å². The summed E-state index contributed by atoms with van der Waals surface area (Å²) >= 11 is 0. The first-order valence-electron chi connectivity index (χ1n) is 5.87. The number of aliphatic hydroxyl groups is 1.